The maximum Gasteiger partial charge on any atom is 0.272 e. The molecule has 0 saturated carbocycles. The van der Waals surface area contributed by atoms with E-state index in [-0.39, 0.29) is 17.9 Å². The number of aromatic nitrogens is 2. The van der Waals surface area contributed by atoms with Crippen LogP contribution >= 0.6 is 0 Å². The van der Waals surface area contributed by atoms with E-state index in [1.807, 2.05) is 35.1 Å². The van der Waals surface area contributed by atoms with Gasteiger partial charge in [0.1, 0.15) is 17.5 Å². The van der Waals surface area contributed by atoms with Gasteiger partial charge in [0.25, 0.3) is 5.91 Å². The van der Waals surface area contributed by atoms with E-state index in [9.17, 15) is 9.59 Å². The first kappa shape index (κ1) is 18.5. The summed E-state index contributed by atoms with van der Waals surface area (Å²) in [5.74, 6) is 0.194. The summed E-state index contributed by atoms with van der Waals surface area (Å²) in [4.78, 5) is 27.1. The second kappa shape index (κ2) is 8.02. The summed E-state index contributed by atoms with van der Waals surface area (Å²) in [7, 11) is 1.58. The topological polar surface area (TPSA) is 88.5 Å². The molecule has 2 aliphatic rings. The van der Waals surface area contributed by atoms with Crippen molar-refractivity contribution >= 4 is 17.5 Å². The summed E-state index contributed by atoms with van der Waals surface area (Å²) in [5, 5.41) is 10.6. The van der Waals surface area contributed by atoms with Crippen molar-refractivity contribution in [3.8, 4) is 5.75 Å². The van der Waals surface area contributed by atoms with Crippen molar-refractivity contribution < 1.29 is 14.3 Å². The van der Waals surface area contributed by atoms with E-state index >= 15 is 0 Å². The van der Waals surface area contributed by atoms with Crippen LogP contribution in [0.25, 0.3) is 0 Å². The number of carbonyl (C=O) groups excluding carboxylic acids is 2. The molecule has 2 N–H and O–H groups in total. The molecular formula is C20H25N5O3. The molecule has 0 spiro atoms. The van der Waals surface area contributed by atoms with Crippen molar-refractivity contribution in [3.63, 3.8) is 0 Å². The molecule has 0 radical (unpaired) electrons. The molecule has 148 valence electrons. The molecular weight excluding hydrogens is 358 g/mol. The molecule has 28 heavy (non-hydrogen) atoms. The normalized spacial score (nSPS) is 22.3. The Balaban J connectivity index is 1.41. The number of rotatable bonds is 5. The molecule has 0 bridgehead atoms. The molecule has 0 aliphatic carbocycles. The van der Waals surface area contributed by atoms with E-state index in [2.05, 4.69) is 15.7 Å². The van der Waals surface area contributed by atoms with E-state index in [1.54, 1.807) is 18.1 Å². The van der Waals surface area contributed by atoms with Crippen LogP contribution in [0.15, 0.2) is 36.5 Å². The third-order valence-electron chi connectivity index (χ3n) is 5.37. The molecule has 2 atom stereocenters. The standard InChI is InChI=1S/C20H25N5O3/c1-28-18-7-3-2-6-17(18)24-11-8-16(20(24)27)22-19(26)15-9-12-25(23-15)14-5-4-10-21-13-14/h2-3,6-7,9,12,14,16,21H,4-5,8,10-11,13H2,1H3,(H,22,26). The average molecular weight is 383 g/mol. The van der Waals surface area contributed by atoms with Crippen LogP contribution in [0, 0.1) is 0 Å². The van der Waals surface area contributed by atoms with Gasteiger partial charge in [-0.3, -0.25) is 14.3 Å². The van der Waals surface area contributed by atoms with Gasteiger partial charge in [-0.25, -0.2) is 0 Å². The molecule has 2 saturated heterocycles. The highest BCUT2D eigenvalue weighted by Gasteiger charge is 2.35. The molecule has 1 aromatic carbocycles. The van der Waals surface area contributed by atoms with E-state index in [0.717, 1.165) is 31.6 Å². The van der Waals surface area contributed by atoms with Crippen LogP contribution < -0.4 is 20.3 Å². The number of nitrogens with zero attached hydrogens (tertiary/aromatic N) is 3. The maximum absolute atomic E-state index is 12.8. The SMILES string of the molecule is COc1ccccc1N1CCC(NC(=O)c2ccn(C3CCCNC3)n2)C1=O. The third-order valence-corrected chi connectivity index (χ3v) is 5.37. The highest BCUT2D eigenvalue weighted by Crippen LogP contribution is 2.31. The molecule has 8 heteroatoms. The summed E-state index contributed by atoms with van der Waals surface area (Å²) in [6.45, 7) is 2.42. The lowest BCUT2D eigenvalue weighted by atomic mass is 10.1. The van der Waals surface area contributed by atoms with E-state index in [1.165, 1.54) is 0 Å². The number of methoxy groups -OCH3 is 1. The summed E-state index contributed by atoms with van der Waals surface area (Å²) in [6.07, 6.45) is 4.53. The molecule has 2 unspecified atom stereocenters. The number of ether oxygens (including phenoxy) is 1. The number of hydrogen-bond donors (Lipinski definition) is 2. The van der Waals surface area contributed by atoms with Crippen LogP contribution in [-0.2, 0) is 4.79 Å². The van der Waals surface area contributed by atoms with Crippen LogP contribution in [0.3, 0.4) is 0 Å². The Morgan fingerprint density at radius 2 is 2.14 bits per heavy atom. The Bertz CT molecular complexity index is 859. The molecule has 1 aromatic heterocycles. The number of hydrogen-bond acceptors (Lipinski definition) is 5. The quantitative estimate of drug-likeness (QED) is 0.814. The highest BCUT2D eigenvalue weighted by molar-refractivity contribution is 6.04. The second-order valence-electron chi connectivity index (χ2n) is 7.16. The van der Waals surface area contributed by atoms with Crippen LogP contribution in [0.5, 0.6) is 5.75 Å². The summed E-state index contributed by atoms with van der Waals surface area (Å²) in [6, 6.07) is 8.82. The monoisotopic (exact) mass is 383 g/mol. The fourth-order valence-electron chi connectivity index (χ4n) is 3.86. The lowest BCUT2D eigenvalue weighted by Gasteiger charge is -2.22. The predicted octanol–water partition coefficient (Wildman–Crippen LogP) is 1.35. The summed E-state index contributed by atoms with van der Waals surface area (Å²) >= 11 is 0. The van der Waals surface area contributed by atoms with Gasteiger partial charge in [0.05, 0.1) is 18.8 Å². The minimum atomic E-state index is -0.557. The number of benzene rings is 1. The lowest BCUT2D eigenvalue weighted by Crippen LogP contribution is -2.41. The third kappa shape index (κ3) is 3.60. The van der Waals surface area contributed by atoms with E-state index < -0.39 is 6.04 Å². The summed E-state index contributed by atoms with van der Waals surface area (Å²) in [5.41, 5.74) is 1.06. The molecule has 2 fully saturated rings. The number of carbonyl (C=O) groups is 2. The van der Waals surface area contributed by atoms with Crippen LogP contribution in [0.4, 0.5) is 5.69 Å². The highest BCUT2D eigenvalue weighted by atomic mass is 16.5. The zero-order valence-electron chi connectivity index (χ0n) is 15.9. The zero-order valence-corrected chi connectivity index (χ0v) is 15.9. The van der Waals surface area contributed by atoms with Crippen LogP contribution in [0.1, 0.15) is 35.8 Å². The summed E-state index contributed by atoms with van der Waals surface area (Å²) < 4.78 is 7.20. The van der Waals surface area contributed by atoms with Gasteiger partial charge in [0.15, 0.2) is 0 Å². The fraction of sp³-hybridized carbons (Fsp3) is 0.450. The van der Waals surface area contributed by atoms with Crippen molar-refractivity contribution in [3.05, 3.63) is 42.2 Å². The van der Waals surface area contributed by atoms with Crippen molar-refractivity contribution in [1.82, 2.24) is 20.4 Å². The van der Waals surface area contributed by atoms with Crippen molar-refractivity contribution in [2.24, 2.45) is 0 Å². The minimum Gasteiger partial charge on any atom is -0.495 e. The Hall–Kier alpha value is -2.87. The van der Waals surface area contributed by atoms with Crippen molar-refractivity contribution in [2.75, 3.05) is 31.6 Å². The van der Waals surface area contributed by atoms with Crippen LogP contribution in [-0.4, -0.2) is 54.4 Å². The molecule has 8 nitrogen and oxygen atoms in total. The van der Waals surface area contributed by atoms with Crippen molar-refractivity contribution in [2.45, 2.75) is 31.3 Å². The van der Waals surface area contributed by atoms with Gasteiger partial charge in [-0.1, -0.05) is 12.1 Å². The molecule has 2 aliphatic heterocycles. The van der Waals surface area contributed by atoms with Gasteiger partial charge in [0.2, 0.25) is 5.91 Å². The van der Waals surface area contributed by atoms with Gasteiger partial charge in [0, 0.05) is 19.3 Å². The lowest BCUT2D eigenvalue weighted by molar-refractivity contribution is -0.118. The Morgan fingerprint density at radius 3 is 2.93 bits per heavy atom. The maximum atomic E-state index is 12.8. The molecule has 3 heterocycles. The minimum absolute atomic E-state index is 0.131. The average Bonchev–Trinajstić information content (AvgIpc) is 3.36. The number of para-hydroxylation sites is 2. The predicted molar refractivity (Wildman–Crippen MR) is 105 cm³/mol. The van der Waals surface area contributed by atoms with Crippen molar-refractivity contribution in [1.29, 1.82) is 0 Å². The molecule has 2 amide bonds. The number of anilines is 1. The zero-order chi connectivity index (χ0) is 19.5. The molecule has 4 rings (SSSR count). The van der Waals surface area contributed by atoms with Gasteiger partial charge in [-0.2, -0.15) is 5.10 Å². The number of nitrogens with one attached hydrogen (secondary N) is 2. The van der Waals surface area contributed by atoms with Gasteiger partial charge in [-0.15, -0.1) is 0 Å². The number of amides is 2. The van der Waals surface area contributed by atoms with E-state index in [0.29, 0.717) is 24.4 Å². The Kier molecular flexibility index (Phi) is 5.29. The smallest absolute Gasteiger partial charge is 0.272 e. The fourth-order valence-corrected chi connectivity index (χ4v) is 3.86. The van der Waals surface area contributed by atoms with Gasteiger partial charge >= 0.3 is 0 Å². The first-order valence-corrected chi connectivity index (χ1v) is 9.68. The Labute approximate surface area is 163 Å². The second-order valence-corrected chi connectivity index (χ2v) is 7.16. The van der Waals surface area contributed by atoms with E-state index in [4.69, 9.17) is 4.74 Å². The van der Waals surface area contributed by atoms with Gasteiger partial charge in [-0.05, 0) is 44.0 Å². The molecule has 2 aromatic rings. The largest absolute Gasteiger partial charge is 0.495 e. The number of piperidine rings is 1. The Morgan fingerprint density at radius 1 is 1.29 bits per heavy atom. The van der Waals surface area contributed by atoms with Crippen LogP contribution in [0.2, 0.25) is 0 Å². The first-order chi connectivity index (χ1) is 13.7. The first-order valence-electron chi connectivity index (χ1n) is 9.68. The van der Waals surface area contributed by atoms with Gasteiger partial charge < -0.3 is 20.3 Å².